The van der Waals surface area contributed by atoms with Crippen molar-refractivity contribution in [2.75, 3.05) is 24.7 Å². The molecule has 0 unspecified atom stereocenters. The monoisotopic (exact) mass is 380 g/mol. The number of carbonyl (C=O) groups is 2. The van der Waals surface area contributed by atoms with E-state index in [1.807, 2.05) is 30.3 Å². The highest BCUT2D eigenvalue weighted by molar-refractivity contribution is 5.96. The van der Waals surface area contributed by atoms with E-state index in [0.717, 1.165) is 5.69 Å². The van der Waals surface area contributed by atoms with Gasteiger partial charge in [-0.1, -0.05) is 24.3 Å². The van der Waals surface area contributed by atoms with Crippen LogP contribution < -0.4 is 10.2 Å². The van der Waals surface area contributed by atoms with E-state index >= 15 is 0 Å². The van der Waals surface area contributed by atoms with Crippen LogP contribution in [0.15, 0.2) is 54.6 Å². The lowest BCUT2D eigenvalue weighted by Gasteiger charge is -2.43. The maximum Gasteiger partial charge on any atom is 0.270 e. The van der Waals surface area contributed by atoms with Crippen molar-refractivity contribution < 1.29 is 14.5 Å². The van der Waals surface area contributed by atoms with Crippen molar-refractivity contribution in [3.05, 3.63) is 70.3 Å². The number of benzene rings is 2. The fourth-order valence-electron chi connectivity index (χ4n) is 4.05. The number of nitro groups is 1. The fraction of sp³-hybridized carbons (Fsp3) is 0.300. The Balaban J connectivity index is 1.52. The van der Waals surface area contributed by atoms with Gasteiger partial charge in [-0.25, -0.2) is 0 Å². The lowest BCUT2D eigenvalue weighted by molar-refractivity contribution is -0.384. The molecule has 0 bridgehead atoms. The van der Waals surface area contributed by atoms with Crippen LogP contribution in [0.2, 0.25) is 0 Å². The maximum atomic E-state index is 12.8. The Labute approximate surface area is 161 Å². The Bertz CT molecular complexity index is 923. The molecule has 0 aromatic heterocycles. The van der Waals surface area contributed by atoms with Gasteiger partial charge >= 0.3 is 0 Å². The van der Waals surface area contributed by atoms with Crippen LogP contribution in [0.5, 0.6) is 0 Å². The van der Waals surface area contributed by atoms with E-state index in [-0.39, 0.29) is 17.5 Å². The van der Waals surface area contributed by atoms with E-state index in [1.54, 1.807) is 11.0 Å². The van der Waals surface area contributed by atoms with Gasteiger partial charge in [-0.3, -0.25) is 19.7 Å². The molecule has 2 heterocycles. The number of non-ortho nitro benzene ring substituents is 1. The average Bonchev–Trinajstić information content (AvgIpc) is 3.04. The Morgan fingerprint density at radius 2 is 1.79 bits per heavy atom. The van der Waals surface area contributed by atoms with Crippen LogP contribution in [0.1, 0.15) is 23.2 Å². The minimum absolute atomic E-state index is 0.0150. The average molecular weight is 380 g/mol. The molecular formula is C20H20N4O4. The molecule has 0 radical (unpaired) electrons. The number of hydrogen-bond donors (Lipinski definition) is 1. The summed E-state index contributed by atoms with van der Waals surface area (Å²) in [4.78, 5) is 39.7. The van der Waals surface area contributed by atoms with Crippen molar-refractivity contribution >= 4 is 23.2 Å². The molecule has 2 amide bonds. The van der Waals surface area contributed by atoms with E-state index in [4.69, 9.17) is 0 Å². The van der Waals surface area contributed by atoms with Crippen molar-refractivity contribution in [2.24, 2.45) is 0 Å². The number of nitro benzene ring substituents is 1. The molecule has 2 aliphatic heterocycles. The van der Waals surface area contributed by atoms with Gasteiger partial charge in [0.1, 0.15) is 5.54 Å². The largest absolute Gasteiger partial charge is 0.339 e. The van der Waals surface area contributed by atoms with Crippen LogP contribution in [0.4, 0.5) is 11.4 Å². The number of amides is 2. The first-order chi connectivity index (χ1) is 13.5. The van der Waals surface area contributed by atoms with Crippen LogP contribution in [-0.4, -0.2) is 46.9 Å². The van der Waals surface area contributed by atoms with E-state index < -0.39 is 10.5 Å². The molecule has 2 saturated heterocycles. The van der Waals surface area contributed by atoms with Crippen LogP contribution in [0.3, 0.4) is 0 Å². The lowest BCUT2D eigenvalue weighted by atomic mass is 9.85. The van der Waals surface area contributed by atoms with Gasteiger partial charge in [0.15, 0.2) is 0 Å². The first kappa shape index (κ1) is 18.0. The predicted octanol–water partition coefficient (Wildman–Crippen LogP) is 2.16. The molecule has 2 aliphatic rings. The maximum absolute atomic E-state index is 12.8. The Morgan fingerprint density at radius 1 is 1.07 bits per heavy atom. The third-order valence-electron chi connectivity index (χ3n) is 5.59. The van der Waals surface area contributed by atoms with E-state index in [1.165, 1.54) is 18.2 Å². The molecule has 0 aliphatic carbocycles. The number of likely N-dealkylation sites (tertiary alicyclic amines) is 1. The number of hydrogen-bond acceptors (Lipinski definition) is 5. The first-order valence-electron chi connectivity index (χ1n) is 9.16. The quantitative estimate of drug-likeness (QED) is 0.650. The van der Waals surface area contributed by atoms with Crippen molar-refractivity contribution in [2.45, 2.75) is 18.4 Å². The third-order valence-corrected chi connectivity index (χ3v) is 5.59. The molecule has 2 aromatic rings. The van der Waals surface area contributed by atoms with Crippen molar-refractivity contribution in [1.29, 1.82) is 0 Å². The highest BCUT2D eigenvalue weighted by Gasteiger charge is 2.50. The zero-order valence-corrected chi connectivity index (χ0v) is 15.2. The second-order valence-electron chi connectivity index (χ2n) is 7.06. The van der Waals surface area contributed by atoms with E-state index in [9.17, 15) is 19.7 Å². The number of piperidine rings is 1. The highest BCUT2D eigenvalue weighted by Crippen LogP contribution is 2.36. The lowest BCUT2D eigenvalue weighted by Crippen LogP contribution is -2.57. The molecule has 0 saturated carbocycles. The Hall–Kier alpha value is -3.42. The van der Waals surface area contributed by atoms with Gasteiger partial charge in [-0.15, -0.1) is 0 Å². The van der Waals surface area contributed by atoms with Crippen LogP contribution in [0.25, 0.3) is 0 Å². The van der Waals surface area contributed by atoms with Crippen LogP contribution in [0, 0.1) is 10.1 Å². The normalized spacial score (nSPS) is 18.2. The minimum Gasteiger partial charge on any atom is -0.339 e. The SMILES string of the molecule is O=C(c1cccc([N+](=O)[O-])c1)N1CCC2(CC1)C(=O)NCN2c1ccccc1. The van der Waals surface area contributed by atoms with Crippen molar-refractivity contribution in [3.63, 3.8) is 0 Å². The number of nitrogens with zero attached hydrogens (tertiary/aromatic N) is 3. The predicted molar refractivity (Wildman–Crippen MR) is 103 cm³/mol. The summed E-state index contributed by atoms with van der Waals surface area (Å²) in [5.74, 6) is -0.262. The molecule has 8 nitrogen and oxygen atoms in total. The van der Waals surface area contributed by atoms with Gasteiger partial charge in [-0.05, 0) is 31.0 Å². The number of nitrogens with one attached hydrogen (secondary N) is 1. The van der Waals surface area contributed by atoms with E-state index in [2.05, 4.69) is 10.2 Å². The zero-order chi connectivity index (χ0) is 19.7. The molecule has 28 heavy (non-hydrogen) atoms. The molecule has 144 valence electrons. The molecular weight excluding hydrogens is 360 g/mol. The second kappa shape index (κ2) is 6.95. The fourth-order valence-corrected chi connectivity index (χ4v) is 4.05. The second-order valence-corrected chi connectivity index (χ2v) is 7.06. The van der Waals surface area contributed by atoms with Crippen LogP contribution in [-0.2, 0) is 4.79 Å². The number of anilines is 1. The molecule has 8 heteroatoms. The summed E-state index contributed by atoms with van der Waals surface area (Å²) >= 11 is 0. The Morgan fingerprint density at radius 3 is 2.46 bits per heavy atom. The number of para-hydroxylation sites is 1. The smallest absolute Gasteiger partial charge is 0.270 e. The molecule has 1 N–H and O–H groups in total. The molecule has 4 rings (SSSR count). The van der Waals surface area contributed by atoms with Gasteiger partial charge in [0.05, 0.1) is 11.6 Å². The molecule has 0 atom stereocenters. The summed E-state index contributed by atoms with van der Waals surface area (Å²) in [6.07, 6.45) is 1.02. The standard InChI is InChI=1S/C20H20N4O4/c25-18(15-5-4-8-17(13-15)24(27)28)22-11-9-20(10-12-22)19(26)21-14-23(20)16-6-2-1-3-7-16/h1-8,13H,9-12,14H2,(H,21,26). The number of carbonyl (C=O) groups excluding carboxylic acids is 2. The summed E-state index contributed by atoms with van der Waals surface area (Å²) in [6, 6.07) is 15.5. The third kappa shape index (κ3) is 2.96. The van der Waals surface area contributed by atoms with Crippen molar-refractivity contribution in [3.8, 4) is 0 Å². The first-order valence-corrected chi connectivity index (χ1v) is 9.16. The summed E-state index contributed by atoms with van der Waals surface area (Å²) in [7, 11) is 0. The number of rotatable bonds is 3. The molecule has 2 fully saturated rings. The molecule has 1 spiro atoms. The summed E-state index contributed by atoms with van der Waals surface area (Å²) in [6.45, 7) is 1.28. The highest BCUT2D eigenvalue weighted by atomic mass is 16.6. The topological polar surface area (TPSA) is 95.8 Å². The van der Waals surface area contributed by atoms with Gasteiger partial charge < -0.3 is 15.1 Å². The summed E-state index contributed by atoms with van der Waals surface area (Å²) in [5.41, 5.74) is 0.492. The minimum atomic E-state index is -0.666. The molecule has 2 aromatic carbocycles. The van der Waals surface area contributed by atoms with Gasteiger partial charge in [0, 0.05) is 36.5 Å². The van der Waals surface area contributed by atoms with Crippen molar-refractivity contribution in [1.82, 2.24) is 10.2 Å². The van der Waals surface area contributed by atoms with Gasteiger partial charge in [-0.2, -0.15) is 0 Å². The van der Waals surface area contributed by atoms with E-state index in [0.29, 0.717) is 38.2 Å². The van der Waals surface area contributed by atoms with Gasteiger partial charge in [0.2, 0.25) is 5.91 Å². The Kier molecular flexibility index (Phi) is 4.46. The van der Waals surface area contributed by atoms with Gasteiger partial charge in [0.25, 0.3) is 11.6 Å². The zero-order valence-electron chi connectivity index (χ0n) is 15.2. The summed E-state index contributed by atoms with van der Waals surface area (Å²) in [5, 5.41) is 13.9. The van der Waals surface area contributed by atoms with Crippen LogP contribution >= 0.6 is 0 Å². The summed E-state index contributed by atoms with van der Waals surface area (Å²) < 4.78 is 0.